The number of carbonyl (C=O) groups excluding carboxylic acids is 1. The second kappa shape index (κ2) is 14.9. The van der Waals surface area contributed by atoms with Crippen molar-refractivity contribution in [2.45, 2.75) is 26.2 Å². The number of hydrogen-bond donors (Lipinski definition) is 3. The summed E-state index contributed by atoms with van der Waals surface area (Å²) >= 11 is 0. The molecule has 0 atom stereocenters. The monoisotopic (exact) mass is 466 g/mol. The van der Waals surface area contributed by atoms with E-state index in [0.717, 1.165) is 25.9 Å². The summed E-state index contributed by atoms with van der Waals surface area (Å²) in [6, 6.07) is 5.77. The maximum Gasteiger partial charge on any atom is 0.243 e. The van der Waals surface area contributed by atoms with Crippen molar-refractivity contribution in [3.8, 4) is 0 Å². The van der Waals surface area contributed by atoms with Crippen LogP contribution in [0.25, 0.3) is 0 Å². The molecule has 142 valence electrons. The number of nitrogens with zero attached hydrogens (tertiary/aromatic N) is 1. The quantitative estimate of drug-likeness (QED) is 0.215. The summed E-state index contributed by atoms with van der Waals surface area (Å²) in [6.45, 7) is 4.37. The minimum absolute atomic E-state index is 0. The van der Waals surface area contributed by atoms with Crippen molar-refractivity contribution in [2.24, 2.45) is 4.99 Å². The van der Waals surface area contributed by atoms with Gasteiger partial charge in [-0.05, 0) is 31.0 Å². The molecule has 0 unspecified atom stereocenters. The summed E-state index contributed by atoms with van der Waals surface area (Å²) in [5.41, 5.74) is 0.425. The van der Waals surface area contributed by atoms with Gasteiger partial charge in [0.05, 0.1) is 6.54 Å². The molecule has 1 amide bonds. The third kappa shape index (κ3) is 11.7. The first-order chi connectivity index (χ1) is 11.7. The highest BCUT2D eigenvalue weighted by molar-refractivity contribution is 14.0. The molecule has 0 aliphatic rings. The molecule has 1 rings (SSSR count). The van der Waals surface area contributed by atoms with Gasteiger partial charge in [-0.1, -0.05) is 19.4 Å². The Morgan fingerprint density at radius 1 is 1.24 bits per heavy atom. The van der Waals surface area contributed by atoms with Crippen molar-refractivity contribution in [3.05, 3.63) is 30.1 Å². The van der Waals surface area contributed by atoms with Gasteiger partial charge in [-0.25, -0.2) is 4.39 Å². The van der Waals surface area contributed by atoms with E-state index in [1.807, 2.05) is 0 Å². The van der Waals surface area contributed by atoms with Crippen LogP contribution >= 0.6 is 24.0 Å². The van der Waals surface area contributed by atoms with E-state index in [1.54, 1.807) is 19.2 Å². The molecular formula is C17H28FIN4O2. The number of halogens is 2. The van der Waals surface area contributed by atoms with E-state index in [2.05, 4.69) is 27.9 Å². The van der Waals surface area contributed by atoms with Gasteiger partial charge in [0.2, 0.25) is 5.91 Å². The summed E-state index contributed by atoms with van der Waals surface area (Å²) in [7, 11) is 1.64. The number of guanidine groups is 1. The maximum absolute atomic E-state index is 13.1. The second-order valence-electron chi connectivity index (χ2n) is 5.23. The molecule has 0 heterocycles. The molecule has 0 saturated heterocycles. The number of unbranched alkanes of at least 4 members (excludes halogenated alkanes) is 1. The molecule has 8 heteroatoms. The Morgan fingerprint density at radius 3 is 2.68 bits per heavy atom. The topological polar surface area (TPSA) is 74.8 Å². The Kier molecular flexibility index (Phi) is 14.0. The molecule has 6 nitrogen and oxygen atoms in total. The third-order valence-corrected chi connectivity index (χ3v) is 3.15. The lowest BCUT2D eigenvalue weighted by Crippen LogP contribution is -2.41. The van der Waals surface area contributed by atoms with Crippen LogP contribution in [-0.2, 0) is 9.53 Å². The third-order valence-electron chi connectivity index (χ3n) is 3.15. The summed E-state index contributed by atoms with van der Waals surface area (Å²) < 4.78 is 18.5. The number of anilines is 1. The average Bonchev–Trinajstić information content (AvgIpc) is 2.56. The number of nitrogens with one attached hydrogen (secondary N) is 3. The summed E-state index contributed by atoms with van der Waals surface area (Å²) in [6.07, 6.45) is 3.07. The summed E-state index contributed by atoms with van der Waals surface area (Å²) in [5, 5.41) is 8.63. The Balaban J connectivity index is 0.00000576. The van der Waals surface area contributed by atoms with Crippen molar-refractivity contribution in [3.63, 3.8) is 0 Å². The molecule has 0 spiro atoms. The Morgan fingerprint density at radius 2 is 2.00 bits per heavy atom. The van der Waals surface area contributed by atoms with E-state index in [9.17, 15) is 9.18 Å². The lowest BCUT2D eigenvalue weighted by molar-refractivity contribution is -0.115. The zero-order chi connectivity index (χ0) is 17.6. The maximum atomic E-state index is 13.1. The van der Waals surface area contributed by atoms with Gasteiger partial charge in [-0.15, -0.1) is 24.0 Å². The van der Waals surface area contributed by atoms with Gasteiger partial charge < -0.3 is 20.7 Å². The standard InChI is InChI=1S/C17H27FN4O2.HI/c1-3-4-10-24-11-6-9-20-17(19-2)21-13-16(23)22-15-8-5-7-14(18)12-15;/h5,7-8,12H,3-4,6,9-11,13H2,1-2H3,(H,22,23)(H2,19,20,21);1H. The van der Waals surface area contributed by atoms with Crippen LogP contribution in [0, 0.1) is 5.82 Å². The van der Waals surface area contributed by atoms with Gasteiger partial charge in [-0.2, -0.15) is 0 Å². The highest BCUT2D eigenvalue weighted by atomic mass is 127. The average molecular weight is 466 g/mol. The van der Waals surface area contributed by atoms with E-state index in [4.69, 9.17) is 4.74 Å². The van der Waals surface area contributed by atoms with Crippen LogP contribution < -0.4 is 16.0 Å². The van der Waals surface area contributed by atoms with Crippen molar-refractivity contribution < 1.29 is 13.9 Å². The molecule has 0 aliphatic heterocycles. The minimum Gasteiger partial charge on any atom is -0.381 e. The highest BCUT2D eigenvalue weighted by Gasteiger charge is 2.04. The van der Waals surface area contributed by atoms with Gasteiger partial charge >= 0.3 is 0 Å². The molecule has 1 aromatic rings. The van der Waals surface area contributed by atoms with Crippen LogP contribution in [0.1, 0.15) is 26.2 Å². The van der Waals surface area contributed by atoms with Crippen molar-refractivity contribution in [2.75, 3.05) is 38.7 Å². The Labute approximate surface area is 166 Å². The minimum atomic E-state index is -0.389. The summed E-state index contributed by atoms with van der Waals surface area (Å²) in [4.78, 5) is 15.9. The number of rotatable bonds is 10. The first kappa shape index (κ1) is 23.6. The normalized spacial score (nSPS) is 10.8. The molecule has 0 saturated carbocycles. The smallest absolute Gasteiger partial charge is 0.243 e. The predicted molar refractivity (Wildman–Crippen MR) is 110 cm³/mol. The first-order valence-electron chi connectivity index (χ1n) is 8.23. The SMILES string of the molecule is CCCCOCCCNC(=NC)NCC(=O)Nc1cccc(F)c1.I. The number of carbonyl (C=O) groups is 1. The lowest BCUT2D eigenvalue weighted by Gasteiger charge is -2.12. The zero-order valence-electron chi connectivity index (χ0n) is 14.8. The van der Waals surface area contributed by atoms with Crippen molar-refractivity contribution in [1.82, 2.24) is 10.6 Å². The Hall–Kier alpha value is -1.42. The fraction of sp³-hybridized carbons (Fsp3) is 0.529. The molecular weight excluding hydrogens is 438 g/mol. The fourth-order valence-corrected chi connectivity index (χ4v) is 1.89. The van der Waals surface area contributed by atoms with Gasteiger partial charge in [-0.3, -0.25) is 9.79 Å². The molecule has 0 aliphatic carbocycles. The van der Waals surface area contributed by atoms with E-state index < -0.39 is 0 Å². The van der Waals surface area contributed by atoms with E-state index in [1.165, 1.54) is 12.1 Å². The molecule has 0 fully saturated rings. The van der Waals surface area contributed by atoms with Crippen molar-refractivity contribution >= 4 is 41.5 Å². The number of aliphatic imine (C=N–C) groups is 1. The predicted octanol–water partition coefficient (Wildman–Crippen LogP) is 2.75. The van der Waals surface area contributed by atoms with Crippen LogP contribution in [0.4, 0.5) is 10.1 Å². The van der Waals surface area contributed by atoms with Crippen LogP contribution in [0.2, 0.25) is 0 Å². The van der Waals surface area contributed by atoms with Gasteiger partial charge in [0.15, 0.2) is 5.96 Å². The first-order valence-corrected chi connectivity index (χ1v) is 8.23. The Bertz CT molecular complexity index is 529. The molecule has 3 N–H and O–H groups in total. The number of amides is 1. The lowest BCUT2D eigenvalue weighted by atomic mass is 10.3. The van der Waals surface area contributed by atoms with Gasteiger partial charge in [0, 0.05) is 32.5 Å². The fourth-order valence-electron chi connectivity index (χ4n) is 1.89. The number of benzene rings is 1. The summed E-state index contributed by atoms with van der Waals surface area (Å²) in [5.74, 6) is -0.121. The number of ether oxygens (including phenoxy) is 1. The van der Waals surface area contributed by atoms with Crippen LogP contribution in [0.5, 0.6) is 0 Å². The van der Waals surface area contributed by atoms with Crippen LogP contribution in [0.3, 0.4) is 0 Å². The van der Waals surface area contributed by atoms with Gasteiger partial charge in [0.1, 0.15) is 5.82 Å². The molecule has 0 bridgehead atoms. The number of hydrogen-bond acceptors (Lipinski definition) is 3. The van der Waals surface area contributed by atoms with Crippen LogP contribution in [0.15, 0.2) is 29.3 Å². The highest BCUT2D eigenvalue weighted by Crippen LogP contribution is 2.08. The van der Waals surface area contributed by atoms with Crippen LogP contribution in [-0.4, -0.2) is 45.2 Å². The van der Waals surface area contributed by atoms with Crippen molar-refractivity contribution in [1.29, 1.82) is 0 Å². The molecule has 0 radical (unpaired) electrons. The largest absolute Gasteiger partial charge is 0.381 e. The molecule has 1 aromatic carbocycles. The molecule has 25 heavy (non-hydrogen) atoms. The van der Waals surface area contributed by atoms with E-state index >= 15 is 0 Å². The van der Waals surface area contributed by atoms with E-state index in [-0.39, 0.29) is 42.2 Å². The molecule has 0 aromatic heterocycles. The second-order valence-corrected chi connectivity index (χ2v) is 5.23. The van der Waals surface area contributed by atoms with E-state index in [0.29, 0.717) is 24.8 Å². The van der Waals surface area contributed by atoms with Gasteiger partial charge in [0.25, 0.3) is 0 Å². The zero-order valence-corrected chi connectivity index (χ0v) is 17.1.